The van der Waals surface area contributed by atoms with E-state index in [9.17, 15) is 0 Å². The maximum Gasteiger partial charge on any atom is 0.215 e. The quantitative estimate of drug-likeness (QED) is 0.153. The smallest absolute Gasteiger partial charge is 0.201 e. The van der Waals surface area contributed by atoms with Crippen molar-refractivity contribution in [2.45, 2.75) is 138 Å². The average Bonchev–Trinajstić information content (AvgIpc) is 3.55. The molecule has 0 amide bonds. The zero-order valence-electron chi connectivity index (χ0n) is 56.7. The number of rotatable bonds is 5. The predicted molar refractivity (Wildman–Crippen MR) is 360 cm³/mol. The maximum absolute atomic E-state index is 2.30. The number of pyridine rings is 5. The molecule has 0 spiro atoms. The lowest BCUT2D eigenvalue weighted by atomic mass is 9.92. The highest BCUT2D eigenvalue weighted by Gasteiger charge is 2.22. The Morgan fingerprint density at radius 2 is 0.624 bits per heavy atom. The van der Waals surface area contributed by atoms with Gasteiger partial charge in [0.25, 0.3) is 0 Å². The Bertz CT molecular complexity index is 3800. The van der Waals surface area contributed by atoms with E-state index in [1.54, 1.807) is 0 Å². The standard InChI is InChI=1S/5C16H20N/c1-11-10-15(14(4)13(3)12(11)2)16-8-6-7-9-17(16)5;1-11-10-12(2)16(14(4)13(11)3)15-8-6-7-9-17(15)5;1-11-10-12(2)14(4)16(13(11)3)15-8-6-7-9-17(15)5;1-11-8-6-7-9-15(11)16-14(4)13(3)12(2)10-17(16)5;1-11-8-6-7-9-15(11)16-14(4)12(2)10-13(3)17(16)5/h5*6-10H,1-5H3/q5*+1. The van der Waals surface area contributed by atoms with Crippen LogP contribution in [-0.2, 0) is 35.2 Å². The first kappa shape index (κ1) is 66.0. The molecule has 0 fully saturated rings. The molecule has 85 heavy (non-hydrogen) atoms. The van der Waals surface area contributed by atoms with Crippen LogP contribution >= 0.6 is 0 Å². The number of benzene rings is 5. The Morgan fingerprint density at radius 3 is 1.12 bits per heavy atom. The van der Waals surface area contributed by atoms with Gasteiger partial charge in [-0.1, -0.05) is 48.5 Å². The summed E-state index contributed by atoms with van der Waals surface area (Å²) in [5.41, 5.74) is 40.6. The summed E-state index contributed by atoms with van der Waals surface area (Å²) < 4.78 is 11.1. The third kappa shape index (κ3) is 14.9. The molecule has 5 aromatic carbocycles. The van der Waals surface area contributed by atoms with Gasteiger partial charge < -0.3 is 0 Å². The van der Waals surface area contributed by atoms with Crippen LogP contribution < -0.4 is 22.8 Å². The summed E-state index contributed by atoms with van der Waals surface area (Å²) in [5.74, 6) is 0. The predicted octanol–water partition coefficient (Wildman–Crippen LogP) is 17.1. The summed E-state index contributed by atoms with van der Waals surface area (Å²) in [6.45, 7) is 43.9. The van der Waals surface area contributed by atoms with E-state index in [-0.39, 0.29) is 0 Å². The van der Waals surface area contributed by atoms with Crippen molar-refractivity contribution in [3.8, 4) is 56.3 Å². The number of aromatic nitrogens is 5. The minimum atomic E-state index is 1.27. The molecule has 440 valence electrons. The van der Waals surface area contributed by atoms with Gasteiger partial charge in [0.1, 0.15) is 35.2 Å². The molecular formula is C80H100N5+5. The largest absolute Gasteiger partial charge is 0.215 e. The zero-order chi connectivity index (χ0) is 62.9. The molecule has 10 aromatic rings. The summed E-state index contributed by atoms with van der Waals surface area (Å²) in [6, 6.07) is 45.3. The van der Waals surface area contributed by atoms with E-state index in [2.05, 4.69) is 349 Å². The third-order valence-corrected chi connectivity index (χ3v) is 18.4. The molecule has 5 heteroatoms. The van der Waals surface area contributed by atoms with E-state index in [0.717, 1.165) is 0 Å². The van der Waals surface area contributed by atoms with Gasteiger partial charge in [0.15, 0.2) is 30.5 Å². The monoisotopic (exact) mass is 1130 g/mol. The average molecular weight is 1130 g/mol. The molecule has 0 bridgehead atoms. The van der Waals surface area contributed by atoms with Crippen LogP contribution in [0, 0.1) is 138 Å². The number of nitrogens with zero attached hydrogens (tertiary/aromatic N) is 5. The van der Waals surface area contributed by atoms with Crippen LogP contribution in [0.25, 0.3) is 56.3 Å². The highest BCUT2D eigenvalue weighted by molar-refractivity contribution is 5.71. The number of hydrogen-bond acceptors (Lipinski definition) is 0. The van der Waals surface area contributed by atoms with Crippen LogP contribution in [0.5, 0.6) is 0 Å². The molecular weight excluding hydrogens is 1030 g/mol. The Kier molecular flexibility index (Phi) is 22.2. The second-order valence-electron chi connectivity index (χ2n) is 24.1. The van der Waals surface area contributed by atoms with E-state index < -0.39 is 0 Å². The maximum atomic E-state index is 2.30. The molecule has 5 nitrogen and oxygen atoms in total. The van der Waals surface area contributed by atoms with Crippen LogP contribution in [0.3, 0.4) is 0 Å². The second kappa shape index (κ2) is 28.6. The molecule has 0 aliphatic rings. The minimum absolute atomic E-state index is 1.27. The van der Waals surface area contributed by atoms with E-state index in [4.69, 9.17) is 0 Å². The van der Waals surface area contributed by atoms with E-state index in [1.165, 1.54) is 168 Å². The lowest BCUT2D eigenvalue weighted by Crippen LogP contribution is -2.36. The fourth-order valence-electron chi connectivity index (χ4n) is 11.9. The van der Waals surface area contributed by atoms with E-state index in [1.807, 2.05) is 0 Å². The van der Waals surface area contributed by atoms with Gasteiger partial charge in [0.2, 0.25) is 28.5 Å². The van der Waals surface area contributed by atoms with Gasteiger partial charge in [0, 0.05) is 82.8 Å². The first-order valence-corrected chi connectivity index (χ1v) is 30.2. The zero-order valence-corrected chi connectivity index (χ0v) is 56.7. The van der Waals surface area contributed by atoms with Crippen molar-refractivity contribution >= 4 is 0 Å². The van der Waals surface area contributed by atoms with Crippen LogP contribution in [0.4, 0.5) is 0 Å². The van der Waals surface area contributed by atoms with E-state index in [0.29, 0.717) is 0 Å². The van der Waals surface area contributed by atoms with Crippen molar-refractivity contribution in [3.05, 3.63) is 264 Å². The third-order valence-electron chi connectivity index (χ3n) is 18.4. The highest BCUT2D eigenvalue weighted by Crippen LogP contribution is 2.32. The van der Waals surface area contributed by atoms with Crippen molar-refractivity contribution in [2.75, 3.05) is 0 Å². The number of aryl methyl sites for hydroxylation is 14. The van der Waals surface area contributed by atoms with Crippen LogP contribution in [0.1, 0.15) is 111 Å². The van der Waals surface area contributed by atoms with Crippen molar-refractivity contribution in [1.29, 1.82) is 0 Å². The van der Waals surface area contributed by atoms with Crippen LogP contribution in [0.15, 0.2) is 152 Å². The first-order valence-electron chi connectivity index (χ1n) is 30.2. The van der Waals surface area contributed by atoms with Crippen molar-refractivity contribution in [3.63, 3.8) is 0 Å². The summed E-state index contributed by atoms with van der Waals surface area (Å²) in [4.78, 5) is 0. The molecule has 0 saturated carbocycles. The topological polar surface area (TPSA) is 19.4 Å². The summed E-state index contributed by atoms with van der Waals surface area (Å²) >= 11 is 0. The Hall–Kier alpha value is -8.15. The van der Waals surface area contributed by atoms with Gasteiger partial charge >= 0.3 is 0 Å². The van der Waals surface area contributed by atoms with Crippen molar-refractivity contribution < 1.29 is 22.8 Å². The Balaban J connectivity index is 0.000000170. The molecule has 5 aromatic heterocycles. The summed E-state index contributed by atoms with van der Waals surface area (Å²) in [7, 11) is 10.6. The first-order chi connectivity index (χ1) is 40.1. The van der Waals surface area contributed by atoms with Gasteiger partial charge in [-0.2, -0.15) is 4.57 Å². The summed E-state index contributed by atoms with van der Waals surface area (Å²) in [5, 5.41) is 0. The second-order valence-corrected chi connectivity index (χ2v) is 24.1. The molecule has 0 aliphatic carbocycles. The van der Waals surface area contributed by atoms with Crippen LogP contribution in [-0.4, -0.2) is 0 Å². The number of hydrogen-bond donors (Lipinski definition) is 0. The molecule has 0 unspecified atom stereocenters. The van der Waals surface area contributed by atoms with Crippen LogP contribution in [0.2, 0.25) is 0 Å². The molecule has 0 saturated heterocycles. The van der Waals surface area contributed by atoms with Gasteiger partial charge in [-0.15, -0.1) is 0 Å². The van der Waals surface area contributed by atoms with Gasteiger partial charge in [-0.05, 0) is 257 Å². The fraction of sp³-hybridized carbons (Fsp3) is 0.312. The van der Waals surface area contributed by atoms with Crippen molar-refractivity contribution in [2.24, 2.45) is 35.2 Å². The molecule has 0 aliphatic heterocycles. The lowest BCUT2D eigenvalue weighted by molar-refractivity contribution is -0.667. The molecule has 10 rings (SSSR count). The Morgan fingerprint density at radius 1 is 0.235 bits per heavy atom. The van der Waals surface area contributed by atoms with Gasteiger partial charge in [-0.25, -0.2) is 18.3 Å². The van der Waals surface area contributed by atoms with Crippen molar-refractivity contribution in [1.82, 2.24) is 0 Å². The molecule has 5 heterocycles. The molecule has 0 N–H and O–H groups in total. The summed E-state index contributed by atoms with van der Waals surface area (Å²) in [6.07, 6.45) is 8.51. The fourth-order valence-corrected chi connectivity index (χ4v) is 11.9. The SMILES string of the molecule is Cc1cc(-c2cccc[n+]2C)c(C)c(C)c1C.Cc1cc(C)c(-c2cccc[n+]2C)c(C)c1C.Cc1cc(C)c(C)c(-c2cccc[n+]2C)c1C.Cc1ccccc1-c1c(C)c(C)c(C)c[n+]1C.Cc1ccccc1-c1c(C)c(C)cc(C)[n+]1C. The lowest BCUT2D eigenvalue weighted by Gasteiger charge is -2.13. The molecule has 0 radical (unpaired) electrons. The molecule has 0 atom stereocenters. The van der Waals surface area contributed by atoms with Gasteiger partial charge in [0.05, 0.1) is 11.1 Å². The highest BCUT2D eigenvalue weighted by atomic mass is 15.0. The minimum Gasteiger partial charge on any atom is -0.201 e. The normalized spacial score (nSPS) is 10.6. The Labute approximate surface area is 513 Å². The van der Waals surface area contributed by atoms with E-state index >= 15 is 0 Å². The van der Waals surface area contributed by atoms with Gasteiger partial charge in [-0.3, -0.25) is 0 Å².